The zero-order chi connectivity index (χ0) is 18.6. The fourth-order valence-corrected chi connectivity index (χ4v) is 3.37. The van der Waals surface area contributed by atoms with Gasteiger partial charge in [0.1, 0.15) is 6.10 Å². The molecule has 0 amide bonds. The molecule has 0 aliphatic carbocycles. The molecule has 8 heteroatoms. The summed E-state index contributed by atoms with van der Waals surface area (Å²) < 4.78 is 30.4. The summed E-state index contributed by atoms with van der Waals surface area (Å²) in [4.78, 5) is 16.9. The Labute approximate surface area is 151 Å². The largest absolute Gasteiger partial charge is 0.454 e. The summed E-state index contributed by atoms with van der Waals surface area (Å²) >= 11 is 6.09. The standard InChI is InChI=1S/C17H18ClNO5S/c1-12(15-6-4-5-7-16(15)18)24-17(20)13-8-10-14(11-9-13)25(21,22)19(2)23-3/h4-12H,1-3H3/t12-/m0/s1. The molecule has 0 fully saturated rings. The molecule has 0 heterocycles. The molecule has 0 aliphatic rings. The van der Waals surface area contributed by atoms with E-state index in [0.29, 0.717) is 10.6 Å². The van der Waals surface area contributed by atoms with E-state index in [1.54, 1.807) is 31.2 Å². The van der Waals surface area contributed by atoms with Crippen LogP contribution in [0.5, 0.6) is 0 Å². The number of nitrogens with zero attached hydrogens (tertiary/aromatic N) is 1. The van der Waals surface area contributed by atoms with E-state index in [1.807, 2.05) is 0 Å². The summed E-state index contributed by atoms with van der Waals surface area (Å²) in [7, 11) is -1.23. The fourth-order valence-electron chi connectivity index (χ4n) is 2.11. The van der Waals surface area contributed by atoms with Crippen molar-refractivity contribution >= 4 is 27.6 Å². The first kappa shape index (κ1) is 19.4. The Hall–Kier alpha value is -1.93. The number of hydroxylamine groups is 1. The van der Waals surface area contributed by atoms with Crippen molar-refractivity contribution in [3.8, 4) is 0 Å². The average molecular weight is 384 g/mol. The van der Waals surface area contributed by atoms with Gasteiger partial charge in [-0.1, -0.05) is 34.3 Å². The molecule has 0 N–H and O–H groups in total. The Morgan fingerprint density at radius 1 is 1.12 bits per heavy atom. The van der Waals surface area contributed by atoms with Crippen molar-refractivity contribution in [3.63, 3.8) is 0 Å². The van der Waals surface area contributed by atoms with Gasteiger partial charge < -0.3 is 4.74 Å². The van der Waals surface area contributed by atoms with Crippen LogP contribution in [-0.4, -0.2) is 33.0 Å². The highest BCUT2D eigenvalue weighted by molar-refractivity contribution is 7.89. The summed E-state index contributed by atoms with van der Waals surface area (Å²) in [5.41, 5.74) is 0.927. The quantitative estimate of drug-likeness (QED) is 0.564. The molecule has 0 unspecified atom stereocenters. The molecule has 2 aromatic rings. The van der Waals surface area contributed by atoms with Crippen molar-refractivity contribution in [3.05, 3.63) is 64.7 Å². The number of rotatable bonds is 6. The van der Waals surface area contributed by atoms with E-state index < -0.39 is 22.1 Å². The monoisotopic (exact) mass is 383 g/mol. The van der Waals surface area contributed by atoms with Crippen LogP contribution in [0.4, 0.5) is 0 Å². The molecule has 134 valence electrons. The van der Waals surface area contributed by atoms with E-state index in [9.17, 15) is 13.2 Å². The summed E-state index contributed by atoms with van der Waals surface area (Å²) in [6.07, 6.45) is -0.538. The lowest BCUT2D eigenvalue weighted by molar-refractivity contribution is -0.0258. The van der Waals surface area contributed by atoms with Crippen molar-refractivity contribution in [1.29, 1.82) is 0 Å². The molecule has 0 aromatic heterocycles. The van der Waals surface area contributed by atoms with Crippen LogP contribution in [0.2, 0.25) is 5.02 Å². The number of halogens is 1. The molecular formula is C17H18ClNO5S. The van der Waals surface area contributed by atoms with Gasteiger partial charge in [-0.3, -0.25) is 4.84 Å². The average Bonchev–Trinajstić information content (AvgIpc) is 2.61. The van der Waals surface area contributed by atoms with Gasteiger partial charge >= 0.3 is 5.97 Å². The molecule has 25 heavy (non-hydrogen) atoms. The molecule has 0 radical (unpaired) electrons. The molecular weight excluding hydrogens is 366 g/mol. The number of sulfonamides is 1. The number of carbonyl (C=O) groups is 1. The number of hydrogen-bond acceptors (Lipinski definition) is 5. The predicted molar refractivity (Wildman–Crippen MR) is 93.7 cm³/mol. The van der Waals surface area contributed by atoms with E-state index in [4.69, 9.17) is 21.2 Å². The van der Waals surface area contributed by atoms with Crippen molar-refractivity contribution in [2.75, 3.05) is 14.2 Å². The van der Waals surface area contributed by atoms with E-state index in [1.165, 1.54) is 38.4 Å². The van der Waals surface area contributed by atoms with Crippen LogP contribution in [0.25, 0.3) is 0 Å². The lowest BCUT2D eigenvalue weighted by atomic mass is 10.1. The number of hydrogen-bond donors (Lipinski definition) is 0. The van der Waals surface area contributed by atoms with Crippen LogP contribution in [0, 0.1) is 0 Å². The van der Waals surface area contributed by atoms with Crippen molar-refractivity contribution < 1.29 is 22.8 Å². The summed E-state index contributed by atoms with van der Waals surface area (Å²) in [6.45, 7) is 1.71. The summed E-state index contributed by atoms with van der Waals surface area (Å²) in [6, 6.07) is 12.5. The highest BCUT2D eigenvalue weighted by Crippen LogP contribution is 2.26. The van der Waals surface area contributed by atoms with Crippen LogP contribution in [0.15, 0.2) is 53.4 Å². The second-order valence-electron chi connectivity index (χ2n) is 5.19. The molecule has 0 bridgehead atoms. The van der Waals surface area contributed by atoms with Gasteiger partial charge in [-0.05, 0) is 37.3 Å². The second-order valence-corrected chi connectivity index (χ2v) is 7.53. The zero-order valence-corrected chi connectivity index (χ0v) is 15.5. The molecule has 0 saturated heterocycles. The van der Waals surface area contributed by atoms with Gasteiger partial charge in [0.25, 0.3) is 10.0 Å². The maximum Gasteiger partial charge on any atom is 0.338 e. The molecule has 6 nitrogen and oxygen atoms in total. The van der Waals surface area contributed by atoms with Crippen LogP contribution in [0.3, 0.4) is 0 Å². The SMILES string of the molecule is CON(C)S(=O)(=O)c1ccc(C(=O)O[C@@H](C)c2ccccc2Cl)cc1. The molecule has 0 aliphatic heterocycles. The van der Waals surface area contributed by atoms with E-state index >= 15 is 0 Å². The Balaban J connectivity index is 2.15. The second kappa shape index (κ2) is 7.97. The topological polar surface area (TPSA) is 72.9 Å². The third-order valence-corrected chi connectivity index (χ3v) is 5.65. The number of esters is 1. The van der Waals surface area contributed by atoms with E-state index in [2.05, 4.69) is 0 Å². The van der Waals surface area contributed by atoms with Gasteiger partial charge in [0.05, 0.1) is 17.6 Å². The highest BCUT2D eigenvalue weighted by atomic mass is 35.5. The van der Waals surface area contributed by atoms with Crippen LogP contribution in [0.1, 0.15) is 28.9 Å². The molecule has 0 spiro atoms. The Kier molecular flexibility index (Phi) is 6.18. The Morgan fingerprint density at radius 3 is 2.28 bits per heavy atom. The lowest BCUT2D eigenvalue weighted by Gasteiger charge is -2.16. The van der Waals surface area contributed by atoms with Crippen LogP contribution >= 0.6 is 11.6 Å². The third-order valence-electron chi connectivity index (χ3n) is 3.61. The smallest absolute Gasteiger partial charge is 0.338 e. The van der Waals surface area contributed by atoms with Crippen LogP contribution < -0.4 is 0 Å². The first-order valence-corrected chi connectivity index (χ1v) is 9.17. The lowest BCUT2D eigenvalue weighted by Crippen LogP contribution is -2.25. The highest BCUT2D eigenvalue weighted by Gasteiger charge is 2.22. The van der Waals surface area contributed by atoms with Gasteiger partial charge in [-0.2, -0.15) is 0 Å². The van der Waals surface area contributed by atoms with E-state index in [0.717, 1.165) is 4.47 Å². The van der Waals surface area contributed by atoms with Gasteiger partial charge in [0, 0.05) is 17.6 Å². The normalized spacial score (nSPS) is 12.8. The Morgan fingerprint density at radius 2 is 1.72 bits per heavy atom. The van der Waals surface area contributed by atoms with Gasteiger partial charge in [-0.15, -0.1) is 0 Å². The summed E-state index contributed by atoms with van der Waals surface area (Å²) in [5, 5.41) is 0.506. The molecule has 2 aromatic carbocycles. The van der Waals surface area contributed by atoms with Crippen molar-refractivity contribution in [1.82, 2.24) is 4.47 Å². The number of carbonyl (C=O) groups excluding carboxylic acids is 1. The zero-order valence-electron chi connectivity index (χ0n) is 14.0. The summed E-state index contributed by atoms with van der Waals surface area (Å²) in [5.74, 6) is -0.573. The first-order valence-electron chi connectivity index (χ1n) is 7.36. The third kappa shape index (κ3) is 4.38. The number of ether oxygens (including phenoxy) is 1. The fraction of sp³-hybridized carbons (Fsp3) is 0.235. The van der Waals surface area contributed by atoms with Crippen molar-refractivity contribution in [2.24, 2.45) is 0 Å². The first-order chi connectivity index (χ1) is 11.8. The molecule has 2 rings (SSSR count). The molecule has 0 saturated carbocycles. The van der Waals surface area contributed by atoms with Crippen molar-refractivity contribution in [2.45, 2.75) is 17.9 Å². The van der Waals surface area contributed by atoms with E-state index in [-0.39, 0.29) is 10.5 Å². The number of benzene rings is 2. The maximum absolute atomic E-state index is 12.2. The maximum atomic E-state index is 12.2. The van der Waals surface area contributed by atoms with Crippen LogP contribution in [-0.2, 0) is 19.6 Å². The molecule has 1 atom stereocenters. The minimum atomic E-state index is -3.76. The van der Waals surface area contributed by atoms with Gasteiger partial charge in [-0.25, -0.2) is 13.2 Å². The van der Waals surface area contributed by atoms with Gasteiger partial charge in [0.2, 0.25) is 0 Å². The van der Waals surface area contributed by atoms with Gasteiger partial charge in [0.15, 0.2) is 0 Å². The predicted octanol–water partition coefficient (Wildman–Crippen LogP) is 3.44. The minimum Gasteiger partial charge on any atom is -0.454 e. The minimum absolute atomic E-state index is 0.00699. The Bertz CT molecular complexity index is 852.